The van der Waals surface area contributed by atoms with Crippen LogP contribution in [0.15, 0.2) is 18.2 Å². The van der Waals surface area contributed by atoms with Crippen LogP contribution in [0, 0.1) is 19.8 Å². The molecule has 1 unspecified atom stereocenters. The molecule has 1 nitrogen and oxygen atoms in total. The van der Waals surface area contributed by atoms with Gasteiger partial charge in [0, 0.05) is 0 Å². The lowest BCUT2D eigenvalue weighted by Crippen LogP contribution is -2.20. The van der Waals surface area contributed by atoms with Crippen LogP contribution in [0.4, 0.5) is 0 Å². The first kappa shape index (κ1) is 11.7. The number of benzene rings is 1. The van der Waals surface area contributed by atoms with E-state index in [0.717, 1.165) is 18.8 Å². The quantitative estimate of drug-likeness (QED) is 0.821. The number of aliphatic hydroxyl groups excluding tert-OH is 1. The van der Waals surface area contributed by atoms with Gasteiger partial charge in [0.1, 0.15) is 0 Å². The Balaban J connectivity index is 1.91. The van der Waals surface area contributed by atoms with E-state index < -0.39 is 0 Å². The average molecular weight is 218 g/mol. The van der Waals surface area contributed by atoms with E-state index in [1.54, 1.807) is 0 Å². The van der Waals surface area contributed by atoms with Gasteiger partial charge in [0.15, 0.2) is 0 Å². The maximum Gasteiger partial charge on any atom is 0.0583 e. The van der Waals surface area contributed by atoms with E-state index in [4.69, 9.17) is 0 Å². The molecule has 0 spiro atoms. The minimum Gasteiger partial charge on any atom is -0.393 e. The summed E-state index contributed by atoms with van der Waals surface area (Å²) >= 11 is 0. The minimum absolute atomic E-state index is 0.147. The second kappa shape index (κ2) is 5.01. The van der Waals surface area contributed by atoms with E-state index in [0.29, 0.717) is 0 Å². The Labute approximate surface area is 98.5 Å². The zero-order chi connectivity index (χ0) is 11.5. The predicted molar refractivity (Wildman–Crippen MR) is 67.6 cm³/mol. The molecule has 0 radical (unpaired) electrons. The van der Waals surface area contributed by atoms with Crippen LogP contribution in [0.5, 0.6) is 0 Å². The van der Waals surface area contributed by atoms with E-state index in [1.807, 2.05) is 0 Å². The zero-order valence-electron chi connectivity index (χ0n) is 10.4. The molecule has 0 amide bonds. The van der Waals surface area contributed by atoms with Gasteiger partial charge in [0.25, 0.3) is 0 Å². The van der Waals surface area contributed by atoms with Gasteiger partial charge < -0.3 is 5.11 Å². The normalized spacial score (nSPS) is 18.2. The van der Waals surface area contributed by atoms with E-state index in [2.05, 4.69) is 32.0 Å². The summed E-state index contributed by atoms with van der Waals surface area (Å²) in [4.78, 5) is 0. The zero-order valence-corrected chi connectivity index (χ0v) is 10.4. The van der Waals surface area contributed by atoms with Crippen molar-refractivity contribution >= 4 is 0 Å². The van der Waals surface area contributed by atoms with Crippen LogP contribution in [0.2, 0.25) is 0 Å². The van der Waals surface area contributed by atoms with Gasteiger partial charge in [-0.25, -0.2) is 0 Å². The molecule has 1 aliphatic rings. The third-order valence-electron chi connectivity index (χ3n) is 3.58. The van der Waals surface area contributed by atoms with Gasteiger partial charge in [0.2, 0.25) is 0 Å². The Morgan fingerprint density at radius 1 is 1.19 bits per heavy atom. The standard InChI is InChI=1S/C15H22O/c1-11-6-12(2)8-14(7-11)10-15(16)9-13-4-3-5-13/h6-8,13,15-16H,3-5,9-10H2,1-2H3. The maximum absolute atomic E-state index is 10.0. The summed E-state index contributed by atoms with van der Waals surface area (Å²) in [6.07, 6.45) is 5.67. The molecule has 1 heteroatoms. The van der Waals surface area contributed by atoms with Crippen LogP contribution in [0.25, 0.3) is 0 Å². The summed E-state index contributed by atoms with van der Waals surface area (Å²) in [6, 6.07) is 6.57. The Kier molecular flexibility index (Phi) is 3.65. The minimum atomic E-state index is -0.147. The summed E-state index contributed by atoms with van der Waals surface area (Å²) in [5.41, 5.74) is 3.88. The SMILES string of the molecule is Cc1cc(C)cc(CC(O)CC2CCC2)c1. The molecule has 1 fully saturated rings. The topological polar surface area (TPSA) is 20.2 Å². The van der Waals surface area contributed by atoms with Crippen molar-refractivity contribution in [3.8, 4) is 0 Å². The first-order chi connectivity index (χ1) is 7.63. The highest BCUT2D eigenvalue weighted by atomic mass is 16.3. The Bertz CT molecular complexity index is 332. The summed E-state index contributed by atoms with van der Waals surface area (Å²) in [5.74, 6) is 0.793. The fourth-order valence-corrected chi connectivity index (χ4v) is 2.66. The van der Waals surface area contributed by atoms with Gasteiger partial charge in [-0.15, -0.1) is 0 Å². The summed E-state index contributed by atoms with van der Waals surface area (Å²) in [6.45, 7) is 4.24. The van der Waals surface area contributed by atoms with Gasteiger partial charge in [-0.3, -0.25) is 0 Å². The van der Waals surface area contributed by atoms with Gasteiger partial charge in [-0.1, -0.05) is 48.6 Å². The van der Waals surface area contributed by atoms with E-state index in [9.17, 15) is 5.11 Å². The van der Waals surface area contributed by atoms with Crippen molar-refractivity contribution in [2.75, 3.05) is 0 Å². The average Bonchev–Trinajstić information content (AvgIpc) is 2.09. The molecule has 2 rings (SSSR count). The molecule has 1 aromatic carbocycles. The van der Waals surface area contributed by atoms with Crippen molar-refractivity contribution < 1.29 is 5.11 Å². The molecule has 0 heterocycles. The third kappa shape index (κ3) is 3.08. The largest absolute Gasteiger partial charge is 0.393 e. The van der Waals surface area contributed by atoms with Gasteiger partial charge in [0.05, 0.1) is 6.10 Å². The van der Waals surface area contributed by atoms with Crippen LogP contribution < -0.4 is 0 Å². The van der Waals surface area contributed by atoms with Crippen molar-refractivity contribution in [2.24, 2.45) is 5.92 Å². The summed E-state index contributed by atoms with van der Waals surface area (Å²) in [5, 5.41) is 10.0. The highest BCUT2D eigenvalue weighted by Crippen LogP contribution is 2.31. The predicted octanol–water partition coefficient (Wildman–Crippen LogP) is 3.40. The molecule has 1 saturated carbocycles. The fraction of sp³-hybridized carbons (Fsp3) is 0.600. The van der Waals surface area contributed by atoms with E-state index >= 15 is 0 Å². The molecular formula is C15H22O. The Morgan fingerprint density at radius 3 is 2.31 bits per heavy atom. The molecule has 16 heavy (non-hydrogen) atoms. The summed E-state index contributed by atoms with van der Waals surface area (Å²) in [7, 11) is 0. The Morgan fingerprint density at radius 2 is 1.81 bits per heavy atom. The van der Waals surface area contributed by atoms with Crippen molar-refractivity contribution in [3.05, 3.63) is 34.9 Å². The van der Waals surface area contributed by atoms with E-state index in [-0.39, 0.29) is 6.10 Å². The highest BCUT2D eigenvalue weighted by Gasteiger charge is 2.20. The molecule has 1 aliphatic carbocycles. The second-order valence-electron chi connectivity index (χ2n) is 5.39. The molecular weight excluding hydrogens is 196 g/mol. The monoisotopic (exact) mass is 218 g/mol. The van der Waals surface area contributed by atoms with Crippen molar-refractivity contribution in [1.29, 1.82) is 0 Å². The molecule has 1 aromatic rings. The van der Waals surface area contributed by atoms with Gasteiger partial charge in [-0.05, 0) is 38.2 Å². The van der Waals surface area contributed by atoms with Crippen LogP contribution in [-0.4, -0.2) is 11.2 Å². The van der Waals surface area contributed by atoms with Crippen LogP contribution >= 0.6 is 0 Å². The first-order valence-corrected chi connectivity index (χ1v) is 6.39. The smallest absolute Gasteiger partial charge is 0.0583 e. The molecule has 1 atom stereocenters. The fourth-order valence-electron chi connectivity index (χ4n) is 2.66. The molecule has 0 bridgehead atoms. The highest BCUT2D eigenvalue weighted by molar-refractivity contribution is 5.28. The Hall–Kier alpha value is -0.820. The third-order valence-corrected chi connectivity index (χ3v) is 3.58. The van der Waals surface area contributed by atoms with Crippen molar-refractivity contribution in [1.82, 2.24) is 0 Å². The van der Waals surface area contributed by atoms with Gasteiger partial charge >= 0.3 is 0 Å². The van der Waals surface area contributed by atoms with E-state index in [1.165, 1.54) is 36.0 Å². The molecule has 88 valence electrons. The number of rotatable bonds is 4. The number of aryl methyl sites for hydroxylation is 2. The lowest BCUT2D eigenvalue weighted by Gasteiger charge is -2.27. The number of aliphatic hydroxyl groups is 1. The molecule has 0 saturated heterocycles. The lowest BCUT2D eigenvalue weighted by molar-refractivity contribution is 0.118. The van der Waals surface area contributed by atoms with Crippen LogP contribution in [0.1, 0.15) is 42.4 Å². The number of hydrogen-bond donors (Lipinski definition) is 1. The second-order valence-corrected chi connectivity index (χ2v) is 5.39. The molecule has 0 aliphatic heterocycles. The van der Waals surface area contributed by atoms with Gasteiger partial charge in [-0.2, -0.15) is 0 Å². The first-order valence-electron chi connectivity index (χ1n) is 6.39. The molecule has 1 N–H and O–H groups in total. The van der Waals surface area contributed by atoms with Crippen molar-refractivity contribution in [2.45, 2.75) is 52.1 Å². The van der Waals surface area contributed by atoms with Crippen LogP contribution in [0.3, 0.4) is 0 Å². The van der Waals surface area contributed by atoms with Crippen LogP contribution in [-0.2, 0) is 6.42 Å². The maximum atomic E-state index is 10.0. The number of hydrogen-bond acceptors (Lipinski definition) is 1. The van der Waals surface area contributed by atoms with Crippen molar-refractivity contribution in [3.63, 3.8) is 0 Å². The summed E-state index contributed by atoms with van der Waals surface area (Å²) < 4.78 is 0. The lowest BCUT2D eigenvalue weighted by atomic mass is 9.80. The molecule has 0 aromatic heterocycles.